The number of likely N-dealkylation sites (tertiary alicyclic amines) is 1. The number of nitrogens with zero attached hydrogens (tertiary/aromatic N) is 1. The van der Waals surface area contributed by atoms with E-state index < -0.39 is 0 Å². The van der Waals surface area contributed by atoms with Gasteiger partial charge in [-0.2, -0.15) is 0 Å². The van der Waals surface area contributed by atoms with Crippen LogP contribution in [0.15, 0.2) is 22.8 Å². The Morgan fingerprint density at radius 3 is 2.81 bits per heavy atom. The van der Waals surface area contributed by atoms with E-state index in [-0.39, 0.29) is 5.91 Å². The summed E-state index contributed by atoms with van der Waals surface area (Å²) in [7, 11) is 0. The minimum absolute atomic E-state index is 0.0292. The summed E-state index contributed by atoms with van der Waals surface area (Å²) in [5.74, 6) is 1.10. The van der Waals surface area contributed by atoms with Crippen LogP contribution in [0.5, 0.6) is 0 Å². The van der Waals surface area contributed by atoms with E-state index in [0.717, 1.165) is 19.5 Å². The topological polar surface area (TPSA) is 33.5 Å². The molecule has 1 aliphatic heterocycles. The summed E-state index contributed by atoms with van der Waals surface area (Å²) in [6.45, 7) is 7.91. The number of hydrogen-bond acceptors (Lipinski definition) is 2. The molecule has 3 nitrogen and oxygen atoms in total. The molecular formula is C13H21NO2. The summed E-state index contributed by atoms with van der Waals surface area (Å²) in [4.78, 5) is 13.7. The van der Waals surface area contributed by atoms with Gasteiger partial charge in [0.15, 0.2) is 5.76 Å². The van der Waals surface area contributed by atoms with Gasteiger partial charge in [0.2, 0.25) is 0 Å². The number of carbonyl (C=O) groups is 1. The van der Waals surface area contributed by atoms with Crippen molar-refractivity contribution in [3.8, 4) is 0 Å². The second-order valence-electron chi connectivity index (χ2n) is 3.98. The van der Waals surface area contributed by atoms with Crippen LogP contribution in [0.4, 0.5) is 0 Å². The first kappa shape index (κ1) is 12.8. The number of hydrogen-bond donors (Lipinski definition) is 0. The van der Waals surface area contributed by atoms with Crippen LogP contribution in [-0.4, -0.2) is 23.9 Å². The quantitative estimate of drug-likeness (QED) is 0.732. The minimum atomic E-state index is 0.0292. The first-order valence-corrected chi connectivity index (χ1v) is 6.10. The van der Waals surface area contributed by atoms with Crippen molar-refractivity contribution < 1.29 is 9.21 Å². The van der Waals surface area contributed by atoms with E-state index in [1.165, 1.54) is 6.42 Å². The molecule has 90 valence electrons. The lowest BCUT2D eigenvalue weighted by atomic mass is 10.0. The molecule has 2 heterocycles. The Bertz CT molecular complexity index is 306. The summed E-state index contributed by atoms with van der Waals surface area (Å²) >= 11 is 0. The maximum atomic E-state index is 11.8. The Morgan fingerprint density at radius 2 is 2.25 bits per heavy atom. The Kier molecular flexibility index (Phi) is 5.09. The van der Waals surface area contributed by atoms with Crippen molar-refractivity contribution in [1.82, 2.24) is 4.90 Å². The van der Waals surface area contributed by atoms with E-state index in [9.17, 15) is 4.79 Å². The highest BCUT2D eigenvalue weighted by atomic mass is 16.3. The normalized spacial score (nSPS) is 19.9. The van der Waals surface area contributed by atoms with Gasteiger partial charge in [-0.1, -0.05) is 20.8 Å². The first-order valence-electron chi connectivity index (χ1n) is 6.10. The van der Waals surface area contributed by atoms with Crippen molar-refractivity contribution in [3.63, 3.8) is 0 Å². The van der Waals surface area contributed by atoms with Gasteiger partial charge in [-0.15, -0.1) is 0 Å². The van der Waals surface area contributed by atoms with E-state index in [1.54, 1.807) is 18.4 Å². The van der Waals surface area contributed by atoms with Crippen molar-refractivity contribution in [1.29, 1.82) is 0 Å². The van der Waals surface area contributed by atoms with Crippen LogP contribution in [0.25, 0.3) is 0 Å². The number of amides is 1. The summed E-state index contributed by atoms with van der Waals surface area (Å²) in [6, 6.07) is 3.47. The zero-order valence-electron chi connectivity index (χ0n) is 10.4. The molecule has 1 aromatic heterocycles. The molecule has 2 rings (SSSR count). The zero-order chi connectivity index (χ0) is 12.0. The number of rotatable bonds is 1. The molecule has 0 aliphatic carbocycles. The van der Waals surface area contributed by atoms with Crippen molar-refractivity contribution in [3.05, 3.63) is 24.2 Å². The fourth-order valence-electron chi connectivity index (χ4n) is 1.93. The van der Waals surface area contributed by atoms with Gasteiger partial charge in [-0.25, -0.2) is 0 Å². The van der Waals surface area contributed by atoms with Crippen LogP contribution in [0.3, 0.4) is 0 Å². The Hall–Kier alpha value is -1.25. The number of piperidine rings is 1. The second kappa shape index (κ2) is 6.36. The minimum Gasteiger partial charge on any atom is -0.459 e. The van der Waals surface area contributed by atoms with E-state index in [1.807, 2.05) is 18.7 Å². The maximum absolute atomic E-state index is 11.8. The smallest absolute Gasteiger partial charge is 0.289 e. The molecule has 0 spiro atoms. The van der Waals surface area contributed by atoms with Crippen LogP contribution in [-0.2, 0) is 0 Å². The molecular weight excluding hydrogens is 202 g/mol. The largest absolute Gasteiger partial charge is 0.459 e. The molecule has 0 saturated carbocycles. The highest BCUT2D eigenvalue weighted by Gasteiger charge is 2.23. The highest BCUT2D eigenvalue weighted by Crippen LogP contribution is 2.17. The third-order valence-corrected chi connectivity index (χ3v) is 2.68. The van der Waals surface area contributed by atoms with Crippen LogP contribution < -0.4 is 0 Å². The van der Waals surface area contributed by atoms with Crippen molar-refractivity contribution >= 4 is 5.91 Å². The summed E-state index contributed by atoms with van der Waals surface area (Å²) in [5.41, 5.74) is 0. The van der Waals surface area contributed by atoms with Crippen molar-refractivity contribution in [2.24, 2.45) is 5.92 Å². The van der Waals surface area contributed by atoms with E-state index in [2.05, 4.69) is 6.92 Å². The van der Waals surface area contributed by atoms with Crippen LogP contribution in [0, 0.1) is 5.92 Å². The third-order valence-electron chi connectivity index (χ3n) is 2.68. The lowest BCUT2D eigenvalue weighted by molar-refractivity contribution is 0.0651. The van der Waals surface area contributed by atoms with E-state index in [4.69, 9.17) is 4.42 Å². The Morgan fingerprint density at radius 1 is 1.50 bits per heavy atom. The molecule has 1 unspecified atom stereocenters. The molecule has 1 fully saturated rings. The molecule has 0 N–H and O–H groups in total. The molecule has 1 saturated heterocycles. The Balaban J connectivity index is 0.000000606. The van der Waals surface area contributed by atoms with Crippen LogP contribution >= 0.6 is 0 Å². The number of furan rings is 1. The van der Waals surface area contributed by atoms with Gasteiger partial charge < -0.3 is 9.32 Å². The lowest BCUT2D eigenvalue weighted by Gasteiger charge is -2.30. The Labute approximate surface area is 97.4 Å². The van der Waals surface area contributed by atoms with Crippen molar-refractivity contribution in [2.45, 2.75) is 33.6 Å². The SMILES string of the molecule is CC.CC1CCCN(C(=O)c2ccco2)C1. The number of carbonyl (C=O) groups excluding carboxylic acids is 1. The maximum Gasteiger partial charge on any atom is 0.289 e. The monoisotopic (exact) mass is 223 g/mol. The van der Waals surface area contributed by atoms with Gasteiger partial charge in [-0.3, -0.25) is 4.79 Å². The summed E-state index contributed by atoms with van der Waals surface area (Å²) in [5, 5.41) is 0. The van der Waals surface area contributed by atoms with Gasteiger partial charge in [-0.05, 0) is 30.9 Å². The molecule has 1 atom stereocenters. The van der Waals surface area contributed by atoms with Gasteiger partial charge in [0.25, 0.3) is 5.91 Å². The molecule has 0 radical (unpaired) electrons. The fourth-order valence-corrected chi connectivity index (χ4v) is 1.93. The standard InChI is InChI=1S/C11H15NO2.C2H6/c1-9-4-2-6-12(8-9)11(13)10-5-3-7-14-10;1-2/h3,5,7,9H,2,4,6,8H2,1H3;1-2H3. The van der Waals surface area contributed by atoms with Gasteiger partial charge >= 0.3 is 0 Å². The van der Waals surface area contributed by atoms with Gasteiger partial charge in [0.1, 0.15) is 0 Å². The summed E-state index contributed by atoms with van der Waals surface area (Å²) in [6.07, 6.45) is 3.87. The molecule has 0 bridgehead atoms. The predicted octanol–water partition coefficient (Wildman–Crippen LogP) is 3.18. The zero-order valence-corrected chi connectivity index (χ0v) is 10.4. The molecule has 16 heavy (non-hydrogen) atoms. The van der Waals surface area contributed by atoms with E-state index >= 15 is 0 Å². The van der Waals surface area contributed by atoms with Crippen LogP contribution in [0.1, 0.15) is 44.2 Å². The molecule has 3 heteroatoms. The highest BCUT2D eigenvalue weighted by molar-refractivity contribution is 5.91. The molecule has 1 amide bonds. The molecule has 0 aromatic carbocycles. The van der Waals surface area contributed by atoms with Gasteiger partial charge in [0, 0.05) is 13.1 Å². The third kappa shape index (κ3) is 3.12. The van der Waals surface area contributed by atoms with E-state index in [0.29, 0.717) is 11.7 Å². The van der Waals surface area contributed by atoms with Gasteiger partial charge in [0.05, 0.1) is 6.26 Å². The molecule has 1 aliphatic rings. The predicted molar refractivity (Wildman–Crippen MR) is 64.4 cm³/mol. The first-order chi connectivity index (χ1) is 7.77. The van der Waals surface area contributed by atoms with Crippen LogP contribution in [0.2, 0.25) is 0 Å². The summed E-state index contributed by atoms with van der Waals surface area (Å²) < 4.78 is 5.09. The molecule has 1 aromatic rings. The average Bonchev–Trinajstić information content (AvgIpc) is 2.84. The lowest BCUT2D eigenvalue weighted by Crippen LogP contribution is -2.38. The van der Waals surface area contributed by atoms with Crippen molar-refractivity contribution in [2.75, 3.05) is 13.1 Å². The second-order valence-corrected chi connectivity index (χ2v) is 3.98. The fraction of sp³-hybridized carbons (Fsp3) is 0.615. The average molecular weight is 223 g/mol.